The Labute approximate surface area is 141 Å². The average molecular weight is 341 g/mol. The first-order chi connectivity index (χ1) is 10.7. The molecule has 6 nitrogen and oxygen atoms in total. The maximum atomic E-state index is 12.0. The highest BCUT2D eigenvalue weighted by atomic mass is 35.5. The second-order valence-electron chi connectivity index (χ2n) is 6.53. The Morgan fingerprint density at radius 2 is 1.83 bits per heavy atom. The van der Waals surface area contributed by atoms with Crippen LogP contribution in [-0.2, 0) is 4.74 Å². The predicted octanol–water partition coefficient (Wildman–Crippen LogP) is 1.08. The number of ether oxygens (including phenoxy) is 1. The van der Waals surface area contributed by atoms with Gasteiger partial charge in [0.05, 0.1) is 0 Å². The van der Waals surface area contributed by atoms with Gasteiger partial charge in [-0.3, -0.25) is 0 Å². The Bertz CT molecular complexity index is 569. The molecule has 1 aromatic rings. The van der Waals surface area contributed by atoms with Gasteiger partial charge in [0.25, 0.3) is 0 Å². The van der Waals surface area contributed by atoms with Crippen molar-refractivity contribution < 1.29 is 19.6 Å². The third-order valence-electron chi connectivity index (χ3n) is 3.56. The molecule has 0 saturated carbocycles. The van der Waals surface area contributed by atoms with Gasteiger partial charge in [0.1, 0.15) is 5.60 Å². The zero-order valence-electron chi connectivity index (χ0n) is 13.6. The van der Waals surface area contributed by atoms with Crippen LogP contribution in [0.1, 0.15) is 20.8 Å². The lowest BCUT2D eigenvalue weighted by Crippen LogP contribution is -2.50. The van der Waals surface area contributed by atoms with Crippen LogP contribution in [0.15, 0.2) is 18.2 Å². The summed E-state index contributed by atoms with van der Waals surface area (Å²) in [6.45, 7) is 8.00. The molecular formula is C15H22BClN2O4. The molecule has 0 radical (unpaired) electrons. The van der Waals surface area contributed by atoms with Gasteiger partial charge in [0, 0.05) is 42.4 Å². The van der Waals surface area contributed by atoms with Crippen LogP contribution in [0.4, 0.5) is 10.5 Å². The Morgan fingerprint density at radius 3 is 2.30 bits per heavy atom. The van der Waals surface area contributed by atoms with E-state index in [-0.39, 0.29) is 11.6 Å². The predicted molar refractivity (Wildman–Crippen MR) is 91.3 cm³/mol. The molecule has 0 unspecified atom stereocenters. The Balaban J connectivity index is 1.97. The van der Waals surface area contributed by atoms with Crippen LogP contribution in [0.3, 0.4) is 0 Å². The van der Waals surface area contributed by atoms with E-state index >= 15 is 0 Å². The zero-order chi connectivity index (χ0) is 17.2. The number of hydrogen-bond acceptors (Lipinski definition) is 5. The van der Waals surface area contributed by atoms with Crippen LogP contribution in [0.25, 0.3) is 0 Å². The number of amides is 1. The molecule has 0 aliphatic carbocycles. The van der Waals surface area contributed by atoms with E-state index in [1.807, 2.05) is 20.8 Å². The number of piperazine rings is 1. The summed E-state index contributed by atoms with van der Waals surface area (Å²) in [4.78, 5) is 15.8. The second kappa shape index (κ2) is 6.99. The molecule has 1 heterocycles. The van der Waals surface area contributed by atoms with Crippen LogP contribution >= 0.6 is 11.6 Å². The lowest BCUT2D eigenvalue weighted by molar-refractivity contribution is 0.0240. The lowest BCUT2D eigenvalue weighted by atomic mass is 9.80. The minimum Gasteiger partial charge on any atom is -0.444 e. The number of carbonyl (C=O) groups is 1. The van der Waals surface area contributed by atoms with Gasteiger partial charge in [-0.15, -0.1) is 0 Å². The van der Waals surface area contributed by atoms with Gasteiger partial charge < -0.3 is 24.6 Å². The van der Waals surface area contributed by atoms with E-state index < -0.39 is 12.7 Å². The fourth-order valence-electron chi connectivity index (χ4n) is 2.40. The molecule has 0 atom stereocenters. The summed E-state index contributed by atoms with van der Waals surface area (Å²) in [6, 6.07) is 5.10. The van der Waals surface area contributed by atoms with Gasteiger partial charge in [-0.05, 0) is 32.9 Å². The Kier molecular flexibility index (Phi) is 5.44. The Morgan fingerprint density at radius 1 is 1.22 bits per heavy atom. The van der Waals surface area contributed by atoms with Crippen molar-refractivity contribution in [3.63, 3.8) is 0 Å². The molecule has 126 valence electrons. The molecule has 2 rings (SSSR count). The summed E-state index contributed by atoms with van der Waals surface area (Å²) in [5, 5.41) is 18.7. The highest BCUT2D eigenvalue weighted by Crippen LogP contribution is 2.21. The van der Waals surface area contributed by atoms with Crippen LogP contribution < -0.4 is 10.4 Å². The van der Waals surface area contributed by atoms with Gasteiger partial charge in [0.15, 0.2) is 0 Å². The summed E-state index contributed by atoms with van der Waals surface area (Å²) < 4.78 is 5.37. The first kappa shape index (κ1) is 17.9. The Hall–Kier alpha value is -1.44. The molecule has 1 saturated heterocycles. The van der Waals surface area contributed by atoms with E-state index in [0.717, 1.165) is 5.69 Å². The minimum absolute atomic E-state index is 0.280. The fourth-order valence-corrected chi connectivity index (χ4v) is 2.67. The van der Waals surface area contributed by atoms with E-state index in [4.69, 9.17) is 16.3 Å². The van der Waals surface area contributed by atoms with Crippen LogP contribution in [0.2, 0.25) is 5.02 Å². The van der Waals surface area contributed by atoms with Crippen molar-refractivity contribution in [3.05, 3.63) is 23.2 Å². The van der Waals surface area contributed by atoms with Crippen LogP contribution in [0.5, 0.6) is 0 Å². The highest BCUT2D eigenvalue weighted by molar-refractivity contribution is 6.62. The molecule has 23 heavy (non-hydrogen) atoms. The molecule has 1 aliphatic heterocycles. The van der Waals surface area contributed by atoms with Gasteiger partial charge in [-0.1, -0.05) is 17.7 Å². The molecule has 1 amide bonds. The maximum Gasteiger partial charge on any atom is 0.489 e. The number of nitrogens with zero attached hydrogens (tertiary/aromatic N) is 2. The van der Waals surface area contributed by atoms with Gasteiger partial charge in [-0.2, -0.15) is 0 Å². The van der Waals surface area contributed by atoms with E-state index in [9.17, 15) is 14.8 Å². The van der Waals surface area contributed by atoms with Gasteiger partial charge >= 0.3 is 13.2 Å². The molecule has 8 heteroatoms. The van der Waals surface area contributed by atoms with Crippen molar-refractivity contribution >= 4 is 36.0 Å². The fraction of sp³-hybridized carbons (Fsp3) is 0.533. The van der Waals surface area contributed by atoms with E-state index in [2.05, 4.69) is 4.90 Å². The smallest absolute Gasteiger partial charge is 0.444 e. The molecule has 0 bridgehead atoms. The second-order valence-corrected chi connectivity index (χ2v) is 6.94. The van der Waals surface area contributed by atoms with Crippen LogP contribution in [0, 0.1) is 0 Å². The number of carbonyl (C=O) groups excluding carboxylic acids is 1. The zero-order valence-corrected chi connectivity index (χ0v) is 14.4. The molecule has 0 spiro atoms. The number of benzene rings is 1. The standard InChI is InChI=1S/C15H22BClN2O4/c1-15(2,3)23-14(20)19-8-6-18(7-9-19)11-4-5-12(16(21)22)13(17)10-11/h4-5,10,21-22H,6-9H2,1-3H3. The van der Waals surface area contributed by atoms with Crippen LogP contribution in [-0.4, -0.2) is 59.9 Å². The highest BCUT2D eigenvalue weighted by Gasteiger charge is 2.26. The average Bonchev–Trinajstić information content (AvgIpc) is 2.45. The molecule has 1 fully saturated rings. The summed E-state index contributed by atoms with van der Waals surface area (Å²) in [7, 11) is -1.58. The summed E-state index contributed by atoms with van der Waals surface area (Å²) in [5.41, 5.74) is 0.675. The molecule has 1 aliphatic rings. The number of halogens is 1. The number of anilines is 1. The molecule has 2 N–H and O–H groups in total. The lowest BCUT2D eigenvalue weighted by Gasteiger charge is -2.36. The van der Waals surface area contributed by atoms with Crippen molar-refractivity contribution in [1.29, 1.82) is 0 Å². The van der Waals surface area contributed by atoms with E-state index in [1.54, 1.807) is 23.1 Å². The third kappa shape index (κ3) is 4.77. The molecule has 1 aromatic carbocycles. The normalized spacial score (nSPS) is 15.6. The maximum absolute atomic E-state index is 12.0. The third-order valence-corrected chi connectivity index (χ3v) is 3.89. The quantitative estimate of drug-likeness (QED) is 0.788. The van der Waals surface area contributed by atoms with E-state index in [0.29, 0.717) is 31.2 Å². The van der Waals surface area contributed by atoms with Crippen molar-refractivity contribution in [2.24, 2.45) is 0 Å². The topological polar surface area (TPSA) is 73.2 Å². The minimum atomic E-state index is -1.58. The van der Waals surface area contributed by atoms with Gasteiger partial charge in [0.2, 0.25) is 0 Å². The summed E-state index contributed by atoms with van der Waals surface area (Å²) >= 11 is 6.06. The molecular weight excluding hydrogens is 318 g/mol. The largest absolute Gasteiger partial charge is 0.489 e. The van der Waals surface area contributed by atoms with Crippen molar-refractivity contribution in [2.45, 2.75) is 26.4 Å². The molecule has 0 aromatic heterocycles. The number of hydrogen-bond donors (Lipinski definition) is 2. The van der Waals surface area contributed by atoms with E-state index in [1.165, 1.54) is 0 Å². The van der Waals surface area contributed by atoms with Crippen molar-refractivity contribution in [3.8, 4) is 0 Å². The van der Waals surface area contributed by atoms with Gasteiger partial charge in [-0.25, -0.2) is 4.79 Å². The number of rotatable bonds is 2. The SMILES string of the molecule is CC(C)(C)OC(=O)N1CCN(c2ccc(B(O)O)c(Cl)c2)CC1. The monoisotopic (exact) mass is 340 g/mol. The summed E-state index contributed by atoms with van der Waals surface area (Å²) in [5.74, 6) is 0. The van der Waals surface area contributed by atoms with Crippen molar-refractivity contribution in [1.82, 2.24) is 4.90 Å². The van der Waals surface area contributed by atoms with Crippen molar-refractivity contribution in [2.75, 3.05) is 31.1 Å². The summed E-state index contributed by atoms with van der Waals surface area (Å²) in [6.07, 6.45) is -0.297. The first-order valence-corrected chi connectivity index (χ1v) is 7.93. The first-order valence-electron chi connectivity index (χ1n) is 7.56.